The van der Waals surface area contributed by atoms with Gasteiger partial charge < -0.3 is 4.74 Å². The zero-order chi connectivity index (χ0) is 10.6. The molecule has 0 bridgehead atoms. The van der Waals surface area contributed by atoms with Crippen LogP contribution in [0.15, 0.2) is 18.2 Å². The van der Waals surface area contributed by atoms with E-state index in [9.17, 15) is 13.6 Å². The topological polar surface area (TPSA) is 26.3 Å². The highest BCUT2D eigenvalue weighted by Crippen LogP contribution is 2.13. The molecule has 0 amide bonds. The monoisotopic (exact) mass is 200 g/mol. The van der Waals surface area contributed by atoms with Crippen LogP contribution < -0.4 is 0 Å². The molecule has 0 aliphatic rings. The molecular weight excluding hydrogens is 190 g/mol. The van der Waals surface area contributed by atoms with E-state index in [2.05, 4.69) is 4.74 Å². The standard InChI is InChI=1S/C10H10F2O2/c1-2-10(13)14-6-7-8(11)4-3-5-9(7)12/h3-5H,2,6H2,1H3. The van der Waals surface area contributed by atoms with Crippen LogP contribution >= 0.6 is 0 Å². The van der Waals surface area contributed by atoms with Crippen molar-refractivity contribution in [2.75, 3.05) is 0 Å². The van der Waals surface area contributed by atoms with Gasteiger partial charge in [0.2, 0.25) is 0 Å². The fourth-order valence-corrected chi connectivity index (χ4v) is 0.925. The van der Waals surface area contributed by atoms with Gasteiger partial charge in [0.15, 0.2) is 0 Å². The third-order valence-corrected chi connectivity index (χ3v) is 1.73. The summed E-state index contributed by atoms with van der Waals surface area (Å²) in [6, 6.07) is 3.51. The Morgan fingerprint density at radius 2 is 1.93 bits per heavy atom. The van der Waals surface area contributed by atoms with E-state index in [0.717, 1.165) is 12.1 Å². The van der Waals surface area contributed by atoms with Crippen molar-refractivity contribution >= 4 is 5.97 Å². The summed E-state index contributed by atoms with van der Waals surface area (Å²) < 4.78 is 30.6. The van der Waals surface area contributed by atoms with Crippen molar-refractivity contribution in [3.63, 3.8) is 0 Å². The first-order chi connectivity index (χ1) is 6.65. The number of ether oxygens (including phenoxy) is 1. The van der Waals surface area contributed by atoms with Gasteiger partial charge in [-0.15, -0.1) is 0 Å². The lowest BCUT2D eigenvalue weighted by atomic mass is 10.2. The number of hydrogen-bond acceptors (Lipinski definition) is 2. The SMILES string of the molecule is CCC(=O)OCc1c(F)cccc1F. The van der Waals surface area contributed by atoms with Gasteiger partial charge in [0.05, 0.1) is 5.56 Å². The fourth-order valence-electron chi connectivity index (χ4n) is 0.925. The zero-order valence-corrected chi connectivity index (χ0v) is 7.72. The van der Waals surface area contributed by atoms with E-state index in [1.54, 1.807) is 6.92 Å². The van der Waals surface area contributed by atoms with Crippen LogP contribution in [-0.2, 0) is 16.1 Å². The Labute approximate surface area is 80.5 Å². The first-order valence-corrected chi connectivity index (χ1v) is 4.23. The van der Waals surface area contributed by atoms with Gasteiger partial charge in [0.25, 0.3) is 0 Å². The van der Waals surface area contributed by atoms with Crippen molar-refractivity contribution in [3.05, 3.63) is 35.4 Å². The Hall–Kier alpha value is -1.45. The summed E-state index contributed by atoms with van der Waals surface area (Å²) in [6.45, 7) is 1.26. The van der Waals surface area contributed by atoms with E-state index in [4.69, 9.17) is 0 Å². The van der Waals surface area contributed by atoms with Gasteiger partial charge in [0.1, 0.15) is 18.2 Å². The Morgan fingerprint density at radius 3 is 2.43 bits per heavy atom. The first-order valence-electron chi connectivity index (χ1n) is 4.23. The lowest BCUT2D eigenvalue weighted by molar-refractivity contribution is -0.144. The summed E-state index contributed by atoms with van der Waals surface area (Å²) in [5.41, 5.74) is -0.214. The van der Waals surface area contributed by atoms with Gasteiger partial charge in [-0.1, -0.05) is 13.0 Å². The molecule has 2 nitrogen and oxygen atoms in total. The maximum absolute atomic E-state index is 13.0. The van der Waals surface area contributed by atoms with Crippen LogP contribution in [0.25, 0.3) is 0 Å². The predicted molar refractivity (Wildman–Crippen MR) is 46.4 cm³/mol. The molecule has 1 aromatic carbocycles. The zero-order valence-electron chi connectivity index (χ0n) is 7.72. The average Bonchev–Trinajstić information content (AvgIpc) is 2.16. The number of carbonyl (C=O) groups excluding carboxylic acids is 1. The molecule has 1 aromatic rings. The highest BCUT2D eigenvalue weighted by molar-refractivity contribution is 5.68. The van der Waals surface area contributed by atoms with E-state index in [1.165, 1.54) is 6.07 Å². The molecule has 0 saturated heterocycles. The molecule has 0 radical (unpaired) electrons. The second kappa shape index (κ2) is 4.69. The molecule has 0 unspecified atom stereocenters. The molecule has 4 heteroatoms. The minimum atomic E-state index is -0.700. The smallest absolute Gasteiger partial charge is 0.305 e. The quantitative estimate of drug-likeness (QED) is 0.700. The minimum Gasteiger partial charge on any atom is -0.461 e. The molecule has 0 N–H and O–H groups in total. The lowest BCUT2D eigenvalue weighted by Crippen LogP contribution is -2.05. The number of benzene rings is 1. The van der Waals surface area contributed by atoms with Crippen LogP contribution in [0.1, 0.15) is 18.9 Å². The van der Waals surface area contributed by atoms with Crippen molar-refractivity contribution in [1.29, 1.82) is 0 Å². The molecular formula is C10H10F2O2. The molecule has 0 aliphatic carbocycles. The first kappa shape index (κ1) is 10.6. The van der Waals surface area contributed by atoms with Crippen LogP contribution in [-0.4, -0.2) is 5.97 Å². The third kappa shape index (κ3) is 2.52. The third-order valence-electron chi connectivity index (χ3n) is 1.73. The van der Waals surface area contributed by atoms with E-state index in [0.29, 0.717) is 0 Å². The molecule has 0 heterocycles. The highest BCUT2D eigenvalue weighted by atomic mass is 19.1. The second-order valence-electron chi connectivity index (χ2n) is 2.71. The van der Waals surface area contributed by atoms with E-state index >= 15 is 0 Å². The molecule has 0 spiro atoms. The van der Waals surface area contributed by atoms with Gasteiger partial charge in [-0.3, -0.25) is 4.79 Å². The van der Waals surface area contributed by atoms with E-state index < -0.39 is 17.6 Å². The summed E-state index contributed by atoms with van der Waals surface area (Å²) in [5, 5.41) is 0. The van der Waals surface area contributed by atoms with Crippen LogP contribution in [0.5, 0.6) is 0 Å². The van der Waals surface area contributed by atoms with Gasteiger partial charge in [-0.25, -0.2) is 8.78 Å². The summed E-state index contributed by atoms with van der Waals surface area (Å²) >= 11 is 0. The molecule has 1 rings (SSSR count). The molecule has 0 fully saturated rings. The normalized spacial score (nSPS) is 9.93. The Kier molecular flexibility index (Phi) is 3.56. The summed E-state index contributed by atoms with van der Waals surface area (Å²) in [5.74, 6) is -1.88. The second-order valence-corrected chi connectivity index (χ2v) is 2.71. The van der Waals surface area contributed by atoms with Gasteiger partial charge in [-0.05, 0) is 12.1 Å². The van der Waals surface area contributed by atoms with Crippen molar-refractivity contribution in [2.24, 2.45) is 0 Å². The van der Waals surface area contributed by atoms with E-state index in [-0.39, 0.29) is 18.6 Å². The van der Waals surface area contributed by atoms with Crippen molar-refractivity contribution < 1.29 is 18.3 Å². The summed E-state index contributed by atoms with van der Waals surface area (Å²) in [4.78, 5) is 10.7. The number of carbonyl (C=O) groups is 1. The van der Waals surface area contributed by atoms with Crippen LogP contribution in [0.4, 0.5) is 8.78 Å². The van der Waals surface area contributed by atoms with Crippen LogP contribution in [0, 0.1) is 11.6 Å². The molecule has 14 heavy (non-hydrogen) atoms. The van der Waals surface area contributed by atoms with Crippen molar-refractivity contribution in [3.8, 4) is 0 Å². The van der Waals surface area contributed by atoms with Crippen LogP contribution in [0.3, 0.4) is 0 Å². The largest absolute Gasteiger partial charge is 0.461 e. The summed E-state index contributed by atoms with van der Waals surface area (Å²) in [6.07, 6.45) is 0.191. The number of halogens is 2. The Bertz CT molecular complexity index is 317. The molecule has 0 aromatic heterocycles. The average molecular weight is 200 g/mol. The molecule has 0 atom stereocenters. The fraction of sp³-hybridized carbons (Fsp3) is 0.300. The van der Waals surface area contributed by atoms with Gasteiger partial charge in [-0.2, -0.15) is 0 Å². The van der Waals surface area contributed by atoms with E-state index in [1.807, 2.05) is 0 Å². The predicted octanol–water partition coefficient (Wildman–Crippen LogP) is 2.42. The molecule has 0 saturated carbocycles. The lowest BCUT2D eigenvalue weighted by Gasteiger charge is -2.05. The van der Waals surface area contributed by atoms with Crippen molar-refractivity contribution in [2.45, 2.75) is 20.0 Å². The maximum atomic E-state index is 13.0. The highest BCUT2D eigenvalue weighted by Gasteiger charge is 2.09. The molecule has 0 aliphatic heterocycles. The van der Waals surface area contributed by atoms with Gasteiger partial charge >= 0.3 is 5.97 Å². The maximum Gasteiger partial charge on any atom is 0.305 e. The molecule has 76 valence electrons. The minimum absolute atomic E-state index is 0.191. The Balaban J connectivity index is 2.71. The van der Waals surface area contributed by atoms with Crippen molar-refractivity contribution in [1.82, 2.24) is 0 Å². The number of rotatable bonds is 3. The van der Waals surface area contributed by atoms with Gasteiger partial charge in [0, 0.05) is 6.42 Å². The summed E-state index contributed by atoms with van der Waals surface area (Å²) in [7, 11) is 0. The Morgan fingerprint density at radius 1 is 1.36 bits per heavy atom. The number of esters is 1. The number of hydrogen-bond donors (Lipinski definition) is 0. The van der Waals surface area contributed by atoms with Crippen LogP contribution in [0.2, 0.25) is 0 Å².